The summed E-state index contributed by atoms with van der Waals surface area (Å²) in [5.41, 5.74) is 7.21. The molecule has 0 bridgehead atoms. The second kappa shape index (κ2) is 6.46. The third kappa shape index (κ3) is 3.64. The second-order valence-corrected chi connectivity index (χ2v) is 8.39. The van der Waals surface area contributed by atoms with Gasteiger partial charge in [-0.15, -0.1) is 0 Å². The van der Waals surface area contributed by atoms with E-state index in [1.165, 1.54) is 25.3 Å². The summed E-state index contributed by atoms with van der Waals surface area (Å²) < 4.78 is 26.8. The average Bonchev–Trinajstić information content (AvgIpc) is 2.39. The number of hydrogen-bond donors (Lipinski definition) is 3. The van der Waals surface area contributed by atoms with E-state index in [0.29, 0.717) is 17.9 Å². The molecular formula is C14H23N3O2S2. The Bertz CT molecular complexity index is 593. The van der Waals surface area contributed by atoms with Crippen LogP contribution in [0, 0.1) is 0 Å². The number of anilines is 2. The van der Waals surface area contributed by atoms with Gasteiger partial charge in [-0.25, -0.2) is 13.1 Å². The highest BCUT2D eigenvalue weighted by Crippen LogP contribution is 2.43. The Morgan fingerprint density at radius 3 is 2.62 bits per heavy atom. The van der Waals surface area contributed by atoms with Crippen LogP contribution in [0.4, 0.5) is 11.4 Å². The van der Waals surface area contributed by atoms with Crippen LogP contribution in [-0.4, -0.2) is 32.5 Å². The van der Waals surface area contributed by atoms with Crippen LogP contribution >= 0.6 is 11.8 Å². The summed E-state index contributed by atoms with van der Waals surface area (Å²) >= 11 is 1.87. The van der Waals surface area contributed by atoms with Crippen molar-refractivity contribution in [3.05, 3.63) is 18.2 Å². The topological polar surface area (TPSA) is 84.2 Å². The Morgan fingerprint density at radius 2 is 2.10 bits per heavy atom. The van der Waals surface area contributed by atoms with E-state index in [0.717, 1.165) is 6.54 Å². The van der Waals surface area contributed by atoms with E-state index in [-0.39, 0.29) is 9.64 Å². The number of benzene rings is 1. The van der Waals surface area contributed by atoms with Crippen LogP contribution < -0.4 is 15.8 Å². The molecule has 0 atom stereocenters. The lowest BCUT2D eigenvalue weighted by Crippen LogP contribution is -2.40. The fourth-order valence-electron chi connectivity index (χ4n) is 2.41. The van der Waals surface area contributed by atoms with Crippen molar-refractivity contribution < 1.29 is 8.42 Å². The van der Waals surface area contributed by atoms with Gasteiger partial charge in [0.1, 0.15) is 0 Å². The maximum absolute atomic E-state index is 12.0. The van der Waals surface area contributed by atoms with Crippen LogP contribution in [0.3, 0.4) is 0 Å². The average molecular weight is 329 g/mol. The summed E-state index contributed by atoms with van der Waals surface area (Å²) in [6, 6.07) is 4.78. The quantitative estimate of drug-likeness (QED) is 0.668. The maximum Gasteiger partial charge on any atom is 0.240 e. The van der Waals surface area contributed by atoms with Gasteiger partial charge in [0.05, 0.1) is 16.3 Å². The van der Waals surface area contributed by atoms with Gasteiger partial charge in [-0.1, -0.05) is 13.3 Å². The predicted octanol–water partition coefficient (Wildman–Crippen LogP) is 2.26. The molecule has 21 heavy (non-hydrogen) atoms. The molecule has 1 aliphatic carbocycles. The molecule has 0 radical (unpaired) electrons. The van der Waals surface area contributed by atoms with Crippen molar-refractivity contribution in [3.63, 3.8) is 0 Å². The molecule has 0 spiro atoms. The van der Waals surface area contributed by atoms with Gasteiger partial charge in [-0.3, -0.25) is 0 Å². The zero-order valence-electron chi connectivity index (χ0n) is 12.5. The van der Waals surface area contributed by atoms with Crippen molar-refractivity contribution in [2.24, 2.45) is 0 Å². The molecule has 118 valence electrons. The van der Waals surface area contributed by atoms with Gasteiger partial charge in [-0.2, -0.15) is 11.8 Å². The van der Waals surface area contributed by atoms with Crippen LogP contribution in [-0.2, 0) is 10.0 Å². The summed E-state index contributed by atoms with van der Waals surface area (Å²) in [5.74, 6) is 0. The molecule has 7 heteroatoms. The first-order valence-corrected chi connectivity index (χ1v) is 9.81. The van der Waals surface area contributed by atoms with E-state index in [1.54, 1.807) is 19.1 Å². The Balaban J connectivity index is 2.16. The highest BCUT2D eigenvalue weighted by molar-refractivity contribution is 8.00. The minimum atomic E-state index is -3.45. The van der Waals surface area contributed by atoms with Gasteiger partial charge in [0.2, 0.25) is 10.0 Å². The second-order valence-electron chi connectivity index (χ2n) is 5.34. The van der Waals surface area contributed by atoms with Gasteiger partial charge in [0.15, 0.2) is 0 Å². The standard InChI is InChI=1S/C14H23N3O2S2/c1-3-17-21(18,19)11-5-6-12(15)13(9-11)16-10-14(20-2)7-4-8-14/h5-6,9,16-17H,3-4,7-8,10,15H2,1-2H3. The van der Waals surface area contributed by atoms with E-state index >= 15 is 0 Å². The molecular weight excluding hydrogens is 306 g/mol. The highest BCUT2D eigenvalue weighted by Gasteiger charge is 2.35. The minimum Gasteiger partial charge on any atom is -0.397 e. The van der Waals surface area contributed by atoms with Crippen LogP contribution in [0.1, 0.15) is 26.2 Å². The third-order valence-corrected chi connectivity index (χ3v) is 6.93. The van der Waals surface area contributed by atoms with Crippen LogP contribution in [0.25, 0.3) is 0 Å². The fourth-order valence-corrected chi connectivity index (χ4v) is 4.39. The zero-order valence-corrected chi connectivity index (χ0v) is 14.1. The molecule has 1 aliphatic rings. The van der Waals surface area contributed by atoms with E-state index in [2.05, 4.69) is 16.3 Å². The molecule has 1 fully saturated rings. The van der Waals surface area contributed by atoms with Crippen LogP contribution in [0.15, 0.2) is 23.1 Å². The Morgan fingerprint density at radius 1 is 1.38 bits per heavy atom. The lowest BCUT2D eigenvalue weighted by Gasteiger charge is -2.40. The number of hydrogen-bond acceptors (Lipinski definition) is 5. The summed E-state index contributed by atoms with van der Waals surface area (Å²) in [7, 11) is -3.45. The third-order valence-electron chi connectivity index (χ3n) is 3.97. The SMILES string of the molecule is CCNS(=O)(=O)c1ccc(N)c(NCC2(SC)CCC2)c1. The Kier molecular flexibility index (Phi) is 5.06. The summed E-state index contributed by atoms with van der Waals surface area (Å²) in [6.07, 6.45) is 5.76. The minimum absolute atomic E-state index is 0.243. The largest absolute Gasteiger partial charge is 0.397 e. The van der Waals surface area contributed by atoms with E-state index in [9.17, 15) is 8.42 Å². The molecule has 5 nitrogen and oxygen atoms in total. The molecule has 1 aromatic carbocycles. The molecule has 0 aromatic heterocycles. The maximum atomic E-state index is 12.0. The predicted molar refractivity (Wildman–Crippen MR) is 90.3 cm³/mol. The lowest BCUT2D eigenvalue weighted by atomic mass is 9.84. The number of nitrogens with two attached hydrogens (primary N) is 1. The summed E-state index contributed by atoms with van der Waals surface area (Å²) in [4.78, 5) is 0.243. The van der Waals surface area contributed by atoms with Crippen molar-refractivity contribution in [3.8, 4) is 0 Å². The number of rotatable bonds is 7. The first-order chi connectivity index (χ1) is 9.92. The van der Waals surface area contributed by atoms with Crippen molar-refractivity contribution in [1.29, 1.82) is 0 Å². The highest BCUT2D eigenvalue weighted by atomic mass is 32.2. The van der Waals surface area contributed by atoms with Gasteiger partial charge in [0.25, 0.3) is 0 Å². The summed E-state index contributed by atoms with van der Waals surface area (Å²) in [5, 5.41) is 3.32. The Labute approximate surface area is 131 Å². The fraction of sp³-hybridized carbons (Fsp3) is 0.571. The molecule has 0 heterocycles. The van der Waals surface area contributed by atoms with Gasteiger partial charge < -0.3 is 11.1 Å². The van der Waals surface area contributed by atoms with Crippen LogP contribution in [0.5, 0.6) is 0 Å². The monoisotopic (exact) mass is 329 g/mol. The summed E-state index contributed by atoms with van der Waals surface area (Å²) in [6.45, 7) is 2.93. The van der Waals surface area contributed by atoms with Crippen molar-refractivity contribution >= 4 is 33.2 Å². The molecule has 0 unspecified atom stereocenters. The lowest BCUT2D eigenvalue weighted by molar-refractivity contribution is 0.380. The van der Waals surface area contributed by atoms with Crippen molar-refractivity contribution in [2.45, 2.75) is 35.8 Å². The first-order valence-electron chi connectivity index (χ1n) is 7.11. The Hall–Kier alpha value is -0.920. The van der Waals surface area contributed by atoms with Crippen molar-refractivity contribution in [2.75, 3.05) is 30.4 Å². The molecule has 2 rings (SSSR count). The number of nitrogen functional groups attached to an aromatic ring is 1. The van der Waals surface area contributed by atoms with Crippen LogP contribution in [0.2, 0.25) is 0 Å². The first kappa shape index (κ1) is 16.5. The zero-order chi connectivity index (χ0) is 15.5. The molecule has 0 aliphatic heterocycles. The molecule has 1 saturated carbocycles. The van der Waals surface area contributed by atoms with Gasteiger partial charge in [-0.05, 0) is 37.3 Å². The number of thioether (sulfide) groups is 1. The van der Waals surface area contributed by atoms with Gasteiger partial charge >= 0.3 is 0 Å². The van der Waals surface area contributed by atoms with Crippen molar-refractivity contribution in [1.82, 2.24) is 4.72 Å². The molecule has 0 amide bonds. The van der Waals surface area contributed by atoms with E-state index in [4.69, 9.17) is 5.73 Å². The van der Waals surface area contributed by atoms with E-state index < -0.39 is 10.0 Å². The molecule has 1 aromatic rings. The normalized spacial score (nSPS) is 17.2. The molecule has 0 saturated heterocycles. The van der Waals surface area contributed by atoms with E-state index in [1.807, 2.05) is 11.8 Å². The van der Waals surface area contributed by atoms with Gasteiger partial charge in [0, 0.05) is 17.8 Å². The smallest absolute Gasteiger partial charge is 0.240 e. The molecule has 4 N–H and O–H groups in total. The number of nitrogens with one attached hydrogen (secondary N) is 2. The number of sulfonamides is 1.